The van der Waals surface area contributed by atoms with Gasteiger partial charge in [0.1, 0.15) is 11.9 Å². The van der Waals surface area contributed by atoms with Gasteiger partial charge in [0.15, 0.2) is 0 Å². The molecule has 1 aliphatic carbocycles. The molecular formula is C28H39FN4. The Hall–Kier alpha value is -2.71. The highest BCUT2D eigenvalue weighted by atomic mass is 19.1. The zero-order chi connectivity index (χ0) is 24.8. The van der Waals surface area contributed by atoms with Crippen LogP contribution in [0.3, 0.4) is 0 Å². The van der Waals surface area contributed by atoms with Crippen molar-refractivity contribution in [3.05, 3.63) is 70.8 Å². The monoisotopic (exact) mass is 450 g/mol. The van der Waals surface area contributed by atoms with Crippen molar-refractivity contribution in [1.29, 1.82) is 5.26 Å². The van der Waals surface area contributed by atoms with Crippen LogP contribution in [-0.4, -0.2) is 37.3 Å². The number of hydrogen-bond donors (Lipinski definition) is 1. The number of aliphatic imine (C=N–C) groups is 1. The van der Waals surface area contributed by atoms with Crippen molar-refractivity contribution in [2.24, 2.45) is 4.99 Å². The van der Waals surface area contributed by atoms with Gasteiger partial charge in [-0.2, -0.15) is 5.26 Å². The number of allylic oxidation sites excluding steroid dienone is 2. The van der Waals surface area contributed by atoms with Gasteiger partial charge in [0.2, 0.25) is 0 Å². The quantitative estimate of drug-likeness (QED) is 0.248. The minimum Gasteiger partial charge on any atom is -0.365 e. The van der Waals surface area contributed by atoms with Gasteiger partial charge in [-0.15, -0.1) is 0 Å². The first kappa shape index (κ1) is 26.5. The zero-order valence-corrected chi connectivity index (χ0v) is 21.0. The summed E-state index contributed by atoms with van der Waals surface area (Å²) in [4.78, 5) is 6.24. The highest BCUT2D eigenvalue weighted by Gasteiger charge is 2.39. The normalized spacial score (nSPS) is 16.7. The molecule has 0 amide bonds. The molecule has 1 N–H and O–H groups in total. The lowest BCUT2D eigenvalue weighted by Crippen LogP contribution is -2.43. The van der Waals surface area contributed by atoms with Crippen molar-refractivity contribution in [3.63, 3.8) is 0 Å². The molecule has 0 bridgehead atoms. The van der Waals surface area contributed by atoms with Gasteiger partial charge in [-0.1, -0.05) is 32.1 Å². The summed E-state index contributed by atoms with van der Waals surface area (Å²) in [7, 11) is 1.93. The van der Waals surface area contributed by atoms with Crippen LogP contribution in [0.2, 0.25) is 0 Å². The van der Waals surface area contributed by atoms with E-state index < -0.39 is 0 Å². The van der Waals surface area contributed by atoms with E-state index in [0.29, 0.717) is 17.7 Å². The van der Waals surface area contributed by atoms with E-state index in [4.69, 9.17) is 0 Å². The van der Waals surface area contributed by atoms with Crippen LogP contribution in [0.15, 0.2) is 58.9 Å². The van der Waals surface area contributed by atoms with E-state index in [1.54, 1.807) is 12.1 Å². The number of hydrogen-bond acceptors (Lipinski definition) is 4. The number of rotatable bonds is 11. The third-order valence-electron chi connectivity index (χ3n) is 6.81. The Bertz CT molecular complexity index is 940. The number of nitriles is 1. The van der Waals surface area contributed by atoms with Gasteiger partial charge in [0, 0.05) is 24.3 Å². The Kier molecular flexibility index (Phi) is 9.19. The summed E-state index contributed by atoms with van der Waals surface area (Å²) in [5.41, 5.74) is 4.04. The average Bonchev–Trinajstić information content (AvgIpc) is 3.22. The van der Waals surface area contributed by atoms with Crippen molar-refractivity contribution >= 4 is 6.72 Å². The summed E-state index contributed by atoms with van der Waals surface area (Å²) in [5, 5.41) is 13.4. The topological polar surface area (TPSA) is 51.4 Å². The summed E-state index contributed by atoms with van der Waals surface area (Å²) < 4.78 is 14.4. The van der Waals surface area contributed by atoms with Gasteiger partial charge < -0.3 is 10.2 Å². The third kappa shape index (κ3) is 6.00. The smallest absolute Gasteiger partial charge is 0.123 e. The van der Waals surface area contributed by atoms with Crippen LogP contribution in [-0.2, 0) is 5.41 Å². The fraction of sp³-hybridized carbons (Fsp3) is 0.500. The van der Waals surface area contributed by atoms with Crippen molar-refractivity contribution in [2.75, 3.05) is 13.6 Å². The molecule has 1 aliphatic rings. The first-order valence-corrected chi connectivity index (χ1v) is 11.8. The summed E-state index contributed by atoms with van der Waals surface area (Å²) >= 11 is 0. The molecule has 178 valence electrons. The highest BCUT2D eigenvalue weighted by Crippen LogP contribution is 2.48. The van der Waals surface area contributed by atoms with Gasteiger partial charge in [-0.3, -0.25) is 4.99 Å². The molecule has 4 nitrogen and oxygen atoms in total. The maximum atomic E-state index is 14.4. The number of nitrogens with zero attached hydrogens (tertiary/aromatic N) is 3. The standard InChI is InChI=1S/C28H39FN4/c1-19(2)33(21(4)18-31-7)23(6)26(27(17-30)22(5)32-8)16-28(11-9-10-12-28)24-13-20(3)14-25(29)15-24/h13-15,19,21,31H,5-6,8-12,16,18H2,1-4,7H3/b27-26+. The lowest BCUT2D eigenvalue weighted by atomic mass is 9.72. The molecular weight excluding hydrogens is 411 g/mol. The van der Waals surface area contributed by atoms with Crippen LogP contribution in [0.25, 0.3) is 0 Å². The minimum atomic E-state index is -0.260. The maximum Gasteiger partial charge on any atom is 0.123 e. The van der Waals surface area contributed by atoms with Crippen LogP contribution in [0, 0.1) is 24.1 Å². The number of aryl methyl sites for hydroxylation is 1. The molecule has 1 atom stereocenters. The van der Waals surface area contributed by atoms with E-state index in [9.17, 15) is 9.65 Å². The van der Waals surface area contributed by atoms with Crippen molar-refractivity contribution < 1.29 is 4.39 Å². The molecule has 2 rings (SSSR count). The molecule has 0 radical (unpaired) electrons. The van der Waals surface area contributed by atoms with Crippen molar-refractivity contribution in [2.45, 2.75) is 77.3 Å². The molecule has 1 aromatic carbocycles. The van der Waals surface area contributed by atoms with E-state index >= 15 is 0 Å². The third-order valence-corrected chi connectivity index (χ3v) is 6.81. The Morgan fingerprint density at radius 1 is 1.24 bits per heavy atom. The van der Waals surface area contributed by atoms with Crippen LogP contribution < -0.4 is 5.32 Å². The van der Waals surface area contributed by atoms with Gasteiger partial charge in [-0.25, -0.2) is 4.39 Å². The molecule has 1 aromatic rings. The zero-order valence-electron chi connectivity index (χ0n) is 21.0. The number of halogens is 1. The SMILES string of the molecule is C=NC(=C)/C(C#N)=C(\CC1(c2cc(C)cc(F)c2)CCCC1)C(=C)N(C(C)C)C(C)CNC. The van der Waals surface area contributed by atoms with Gasteiger partial charge in [0.05, 0.1) is 11.3 Å². The second-order valence-corrected chi connectivity index (χ2v) is 9.61. The van der Waals surface area contributed by atoms with Gasteiger partial charge >= 0.3 is 0 Å². The van der Waals surface area contributed by atoms with Crippen LogP contribution in [0.4, 0.5) is 4.39 Å². The molecule has 1 fully saturated rings. The molecule has 0 aliphatic heterocycles. The van der Waals surface area contributed by atoms with Gasteiger partial charge in [0.25, 0.3) is 0 Å². The Labute approximate surface area is 199 Å². The molecule has 1 saturated carbocycles. The summed E-state index contributed by atoms with van der Waals surface area (Å²) in [6, 6.07) is 7.99. The lowest BCUT2D eigenvalue weighted by Gasteiger charge is -2.40. The summed E-state index contributed by atoms with van der Waals surface area (Å²) in [6.07, 6.45) is 4.60. The van der Waals surface area contributed by atoms with Crippen molar-refractivity contribution in [3.8, 4) is 6.07 Å². The highest BCUT2D eigenvalue weighted by molar-refractivity contribution is 5.53. The summed E-state index contributed by atoms with van der Waals surface area (Å²) in [5.74, 6) is -0.218. The predicted molar refractivity (Wildman–Crippen MR) is 137 cm³/mol. The Morgan fingerprint density at radius 2 is 1.88 bits per heavy atom. The average molecular weight is 451 g/mol. The van der Waals surface area contributed by atoms with Gasteiger partial charge in [-0.05, 0) is 95.0 Å². The lowest BCUT2D eigenvalue weighted by molar-refractivity contribution is 0.217. The fourth-order valence-corrected chi connectivity index (χ4v) is 5.36. The number of nitrogens with one attached hydrogen (secondary N) is 1. The van der Waals surface area contributed by atoms with Crippen molar-refractivity contribution in [1.82, 2.24) is 10.2 Å². The molecule has 0 heterocycles. The largest absolute Gasteiger partial charge is 0.365 e. The van der Waals surface area contributed by atoms with E-state index in [2.05, 4.69) is 68.0 Å². The van der Waals surface area contributed by atoms with Crippen LogP contribution >= 0.6 is 0 Å². The second-order valence-electron chi connectivity index (χ2n) is 9.61. The maximum absolute atomic E-state index is 14.4. The van der Waals surface area contributed by atoms with Crippen LogP contribution in [0.5, 0.6) is 0 Å². The van der Waals surface area contributed by atoms with E-state index in [-0.39, 0.29) is 23.3 Å². The number of benzene rings is 1. The minimum absolute atomic E-state index is 0.165. The number of likely N-dealkylation sites (N-methyl/N-ethyl adjacent to an activating group) is 1. The van der Waals surface area contributed by atoms with E-state index in [1.165, 1.54) is 0 Å². The first-order chi connectivity index (χ1) is 15.6. The molecule has 5 heteroatoms. The van der Waals surface area contributed by atoms with E-state index in [0.717, 1.165) is 54.6 Å². The molecule has 0 saturated heterocycles. The molecule has 33 heavy (non-hydrogen) atoms. The predicted octanol–water partition coefficient (Wildman–Crippen LogP) is 6.20. The Balaban J connectivity index is 2.69. The molecule has 0 spiro atoms. The molecule has 0 aromatic heterocycles. The first-order valence-electron chi connectivity index (χ1n) is 11.8. The second kappa shape index (κ2) is 11.4. The fourth-order valence-electron chi connectivity index (χ4n) is 5.36. The van der Waals surface area contributed by atoms with E-state index in [1.807, 2.05) is 14.0 Å². The Morgan fingerprint density at radius 3 is 2.36 bits per heavy atom. The summed E-state index contributed by atoms with van der Waals surface area (Å²) in [6.45, 7) is 21.2. The van der Waals surface area contributed by atoms with Crippen LogP contribution in [0.1, 0.15) is 64.0 Å². The molecule has 1 unspecified atom stereocenters.